The molecule has 3 nitrogen and oxygen atoms in total. The van der Waals surface area contributed by atoms with Gasteiger partial charge in [-0.25, -0.2) is 13.6 Å². The third kappa shape index (κ3) is 2.98. The first-order chi connectivity index (χ1) is 8.51. The zero-order valence-electron chi connectivity index (χ0n) is 9.91. The van der Waals surface area contributed by atoms with Gasteiger partial charge in [0.2, 0.25) is 0 Å². The van der Waals surface area contributed by atoms with Gasteiger partial charge in [0.05, 0.1) is 12.1 Å². The summed E-state index contributed by atoms with van der Waals surface area (Å²) in [5, 5.41) is 8.69. The Balaban J connectivity index is 3.23. The summed E-state index contributed by atoms with van der Waals surface area (Å²) in [7, 11) is 0. The number of carboxylic acids is 1. The molecule has 0 aliphatic heterocycles. The molecule has 0 unspecified atom stereocenters. The largest absolute Gasteiger partial charge is 0.478 e. The van der Waals surface area contributed by atoms with Gasteiger partial charge in [0, 0.05) is 6.54 Å². The van der Waals surface area contributed by atoms with Crippen molar-refractivity contribution >= 4 is 11.7 Å². The molecule has 18 heavy (non-hydrogen) atoms. The number of hydrogen-bond acceptors (Lipinski definition) is 2. The minimum atomic E-state index is -1.38. The third-order valence-electron chi connectivity index (χ3n) is 2.36. The van der Waals surface area contributed by atoms with Gasteiger partial charge in [-0.2, -0.15) is 0 Å². The standard InChI is InChI=1S/C13H13F2NO2/c1-3-5-16(6-4-2)12-10(14)7-9(13(17)18)8-11(12)15/h1,7-8H,4-6H2,2H3,(H,17,18). The number of anilines is 1. The molecule has 0 saturated carbocycles. The third-order valence-corrected chi connectivity index (χ3v) is 2.36. The van der Waals surface area contributed by atoms with Crippen molar-refractivity contribution < 1.29 is 18.7 Å². The molecule has 1 aromatic carbocycles. The van der Waals surface area contributed by atoms with Crippen molar-refractivity contribution in [2.45, 2.75) is 13.3 Å². The molecule has 0 aromatic heterocycles. The molecule has 1 rings (SSSR count). The summed E-state index contributed by atoms with van der Waals surface area (Å²) < 4.78 is 27.5. The maximum atomic E-state index is 13.8. The topological polar surface area (TPSA) is 40.5 Å². The highest BCUT2D eigenvalue weighted by molar-refractivity contribution is 5.88. The fraction of sp³-hybridized carbons (Fsp3) is 0.308. The van der Waals surface area contributed by atoms with Crippen LogP contribution >= 0.6 is 0 Å². The Hall–Kier alpha value is -2.09. The summed E-state index contributed by atoms with van der Waals surface area (Å²) in [5.74, 6) is -0.898. The van der Waals surface area contributed by atoms with Crippen LogP contribution < -0.4 is 4.90 Å². The summed E-state index contributed by atoms with van der Waals surface area (Å²) in [6, 6.07) is 1.58. The van der Waals surface area contributed by atoms with E-state index < -0.39 is 23.2 Å². The van der Waals surface area contributed by atoms with E-state index in [1.165, 1.54) is 4.90 Å². The van der Waals surface area contributed by atoms with Gasteiger partial charge in [-0.15, -0.1) is 6.42 Å². The Kier molecular flexibility index (Phi) is 4.67. The molecule has 0 fully saturated rings. The van der Waals surface area contributed by atoms with Crippen LogP contribution in [-0.4, -0.2) is 24.2 Å². The minimum absolute atomic E-state index is 0.0636. The van der Waals surface area contributed by atoms with Crippen LogP contribution in [0.25, 0.3) is 0 Å². The van der Waals surface area contributed by atoms with E-state index in [4.69, 9.17) is 11.5 Å². The molecule has 1 N–H and O–H groups in total. The van der Waals surface area contributed by atoms with E-state index in [-0.39, 0.29) is 12.2 Å². The van der Waals surface area contributed by atoms with Crippen LogP contribution in [0.5, 0.6) is 0 Å². The SMILES string of the molecule is C#CCN(CCC)c1c(F)cc(C(=O)O)cc1F. The molecule has 0 atom stereocenters. The first kappa shape index (κ1) is 14.0. The van der Waals surface area contributed by atoms with Crippen LogP contribution in [0.3, 0.4) is 0 Å². The first-order valence-corrected chi connectivity index (χ1v) is 5.42. The zero-order valence-corrected chi connectivity index (χ0v) is 9.91. The van der Waals surface area contributed by atoms with Crippen LogP contribution in [-0.2, 0) is 0 Å². The van der Waals surface area contributed by atoms with Crippen molar-refractivity contribution in [3.8, 4) is 12.3 Å². The normalized spacial score (nSPS) is 9.89. The number of carbonyl (C=O) groups is 1. The number of terminal acetylenes is 1. The number of halogens is 2. The second-order valence-corrected chi connectivity index (χ2v) is 3.72. The molecule has 0 aliphatic rings. The Morgan fingerprint density at radius 1 is 1.44 bits per heavy atom. The van der Waals surface area contributed by atoms with Crippen molar-refractivity contribution in [2.75, 3.05) is 18.0 Å². The molecular formula is C13H13F2NO2. The summed E-state index contributed by atoms with van der Waals surface area (Å²) in [5.41, 5.74) is -0.703. The van der Waals surface area contributed by atoms with Crippen molar-refractivity contribution in [1.82, 2.24) is 0 Å². The van der Waals surface area contributed by atoms with E-state index in [0.29, 0.717) is 13.0 Å². The Labute approximate surface area is 104 Å². The van der Waals surface area contributed by atoms with Crippen LogP contribution in [0.15, 0.2) is 12.1 Å². The molecule has 0 radical (unpaired) electrons. The second-order valence-electron chi connectivity index (χ2n) is 3.72. The fourth-order valence-corrected chi connectivity index (χ4v) is 1.64. The number of benzene rings is 1. The monoisotopic (exact) mass is 253 g/mol. The van der Waals surface area contributed by atoms with Gasteiger partial charge in [-0.05, 0) is 18.6 Å². The van der Waals surface area contributed by atoms with E-state index in [9.17, 15) is 13.6 Å². The lowest BCUT2D eigenvalue weighted by Crippen LogP contribution is -2.26. The Morgan fingerprint density at radius 3 is 2.39 bits per heavy atom. The highest BCUT2D eigenvalue weighted by Gasteiger charge is 2.19. The van der Waals surface area contributed by atoms with E-state index >= 15 is 0 Å². The molecular weight excluding hydrogens is 240 g/mol. The molecule has 0 amide bonds. The van der Waals surface area contributed by atoms with E-state index in [0.717, 1.165) is 12.1 Å². The zero-order chi connectivity index (χ0) is 13.7. The summed E-state index contributed by atoms with van der Waals surface area (Å²) in [4.78, 5) is 12.0. The molecule has 0 aliphatic carbocycles. The van der Waals surface area contributed by atoms with E-state index in [2.05, 4.69) is 5.92 Å². The lowest BCUT2D eigenvalue weighted by molar-refractivity contribution is 0.0696. The fourth-order valence-electron chi connectivity index (χ4n) is 1.64. The van der Waals surface area contributed by atoms with Crippen LogP contribution in [0.4, 0.5) is 14.5 Å². The van der Waals surface area contributed by atoms with E-state index in [1.54, 1.807) is 0 Å². The lowest BCUT2D eigenvalue weighted by Gasteiger charge is -2.23. The molecule has 96 valence electrons. The average Bonchev–Trinajstić information content (AvgIpc) is 2.28. The van der Waals surface area contributed by atoms with Gasteiger partial charge < -0.3 is 10.0 Å². The number of hydrogen-bond donors (Lipinski definition) is 1. The molecule has 0 spiro atoms. The van der Waals surface area contributed by atoms with E-state index in [1.807, 2.05) is 6.92 Å². The summed E-state index contributed by atoms with van der Waals surface area (Å²) >= 11 is 0. The molecule has 0 heterocycles. The predicted octanol–water partition coefficient (Wildman–Crippen LogP) is 2.51. The predicted molar refractivity (Wildman–Crippen MR) is 64.7 cm³/mol. The number of carboxylic acid groups (broad SMARTS) is 1. The second kappa shape index (κ2) is 6.01. The maximum Gasteiger partial charge on any atom is 0.335 e. The lowest BCUT2D eigenvalue weighted by atomic mass is 10.1. The Bertz CT molecular complexity index is 471. The van der Waals surface area contributed by atoms with Crippen molar-refractivity contribution in [2.24, 2.45) is 0 Å². The highest BCUT2D eigenvalue weighted by Crippen LogP contribution is 2.25. The van der Waals surface area contributed by atoms with Crippen molar-refractivity contribution in [3.63, 3.8) is 0 Å². The first-order valence-electron chi connectivity index (χ1n) is 5.42. The summed E-state index contributed by atoms with van der Waals surface area (Å²) in [6.07, 6.45) is 5.81. The van der Waals surface area contributed by atoms with Crippen molar-refractivity contribution in [1.29, 1.82) is 0 Å². The molecule has 1 aromatic rings. The van der Waals surface area contributed by atoms with Crippen LogP contribution in [0, 0.1) is 24.0 Å². The van der Waals surface area contributed by atoms with Gasteiger partial charge in [0.1, 0.15) is 17.3 Å². The minimum Gasteiger partial charge on any atom is -0.478 e. The number of nitrogens with zero attached hydrogens (tertiary/aromatic N) is 1. The number of rotatable bonds is 5. The quantitative estimate of drug-likeness (QED) is 0.820. The Morgan fingerprint density at radius 2 is 2.00 bits per heavy atom. The van der Waals surface area contributed by atoms with Crippen LogP contribution in [0.1, 0.15) is 23.7 Å². The molecule has 0 saturated heterocycles. The summed E-state index contributed by atoms with van der Waals surface area (Å²) in [6.45, 7) is 2.31. The van der Waals surface area contributed by atoms with Gasteiger partial charge >= 0.3 is 5.97 Å². The van der Waals surface area contributed by atoms with Gasteiger partial charge in [0.15, 0.2) is 0 Å². The number of aromatic carboxylic acids is 1. The van der Waals surface area contributed by atoms with Crippen LogP contribution in [0.2, 0.25) is 0 Å². The van der Waals surface area contributed by atoms with Gasteiger partial charge in [-0.1, -0.05) is 12.8 Å². The van der Waals surface area contributed by atoms with Crippen molar-refractivity contribution in [3.05, 3.63) is 29.3 Å². The van der Waals surface area contributed by atoms with Gasteiger partial charge in [0.25, 0.3) is 0 Å². The van der Waals surface area contributed by atoms with Gasteiger partial charge in [-0.3, -0.25) is 0 Å². The maximum absolute atomic E-state index is 13.8. The smallest absolute Gasteiger partial charge is 0.335 e. The molecule has 0 bridgehead atoms. The highest BCUT2D eigenvalue weighted by atomic mass is 19.1. The average molecular weight is 253 g/mol. The molecule has 5 heteroatoms.